The molecule has 24 heavy (non-hydrogen) atoms. The summed E-state index contributed by atoms with van der Waals surface area (Å²) >= 11 is 0. The molecule has 1 amide bonds. The Morgan fingerprint density at radius 2 is 1.83 bits per heavy atom. The van der Waals surface area contributed by atoms with Gasteiger partial charge in [0.15, 0.2) is 0 Å². The molecule has 1 N–H and O–H groups in total. The Labute approximate surface area is 140 Å². The van der Waals surface area contributed by atoms with E-state index in [0.717, 1.165) is 22.4 Å². The van der Waals surface area contributed by atoms with Crippen molar-refractivity contribution in [1.82, 2.24) is 9.88 Å². The second-order valence-corrected chi connectivity index (χ2v) is 5.39. The van der Waals surface area contributed by atoms with Crippen LogP contribution in [0.4, 0.5) is 0 Å². The molecule has 0 atom stereocenters. The highest BCUT2D eigenvalue weighted by Crippen LogP contribution is 2.25. The second-order valence-electron chi connectivity index (χ2n) is 5.39. The summed E-state index contributed by atoms with van der Waals surface area (Å²) in [5.74, 6) is 1.50. The van der Waals surface area contributed by atoms with Crippen LogP contribution in [0.1, 0.15) is 10.4 Å². The van der Waals surface area contributed by atoms with Gasteiger partial charge in [-0.15, -0.1) is 0 Å². The first-order chi connectivity index (χ1) is 11.7. The summed E-state index contributed by atoms with van der Waals surface area (Å²) in [5.41, 5.74) is 1.71. The van der Waals surface area contributed by atoms with Crippen molar-refractivity contribution >= 4 is 16.8 Å². The average molecular weight is 324 g/mol. The van der Waals surface area contributed by atoms with Gasteiger partial charge in [-0.1, -0.05) is 6.07 Å². The van der Waals surface area contributed by atoms with Crippen molar-refractivity contribution in [2.75, 3.05) is 20.8 Å². The molecule has 5 heteroatoms. The van der Waals surface area contributed by atoms with Crippen molar-refractivity contribution in [1.29, 1.82) is 0 Å². The van der Waals surface area contributed by atoms with Gasteiger partial charge in [0.1, 0.15) is 11.5 Å². The summed E-state index contributed by atoms with van der Waals surface area (Å²) in [5, 5.41) is 4.01. The van der Waals surface area contributed by atoms with E-state index in [1.54, 1.807) is 38.5 Å². The van der Waals surface area contributed by atoms with Crippen LogP contribution >= 0.6 is 0 Å². The Morgan fingerprint density at radius 1 is 1.04 bits per heavy atom. The molecule has 1 heterocycles. The highest BCUT2D eigenvalue weighted by molar-refractivity contribution is 5.94. The van der Waals surface area contributed by atoms with Crippen LogP contribution in [-0.4, -0.2) is 31.2 Å². The first-order valence-corrected chi connectivity index (χ1v) is 7.77. The molecular formula is C19H20N2O3. The Morgan fingerprint density at radius 3 is 2.54 bits per heavy atom. The number of hydrogen-bond acceptors (Lipinski definition) is 3. The molecule has 0 radical (unpaired) electrons. The van der Waals surface area contributed by atoms with Crippen LogP contribution in [0.2, 0.25) is 0 Å². The van der Waals surface area contributed by atoms with Crippen LogP contribution in [0.3, 0.4) is 0 Å². The van der Waals surface area contributed by atoms with Crippen molar-refractivity contribution in [2.24, 2.45) is 0 Å². The normalized spacial score (nSPS) is 10.6. The number of carbonyl (C=O) groups excluding carboxylic acids is 1. The van der Waals surface area contributed by atoms with Crippen molar-refractivity contribution < 1.29 is 14.3 Å². The molecule has 0 aliphatic carbocycles. The Balaban J connectivity index is 1.63. The van der Waals surface area contributed by atoms with Crippen molar-refractivity contribution in [3.8, 4) is 11.5 Å². The molecule has 1 aromatic heterocycles. The van der Waals surface area contributed by atoms with E-state index in [4.69, 9.17) is 9.47 Å². The van der Waals surface area contributed by atoms with Gasteiger partial charge in [-0.2, -0.15) is 0 Å². The van der Waals surface area contributed by atoms with Crippen molar-refractivity contribution in [3.05, 3.63) is 60.3 Å². The van der Waals surface area contributed by atoms with Gasteiger partial charge in [-0.3, -0.25) is 4.79 Å². The molecule has 0 aliphatic rings. The lowest BCUT2D eigenvalue weighted by molar-refractivity contribution is 0.0952. The molecule has 0 fully saturated rings. The zero-order chi connectivity index (χ0) is 16.9. The fourth-order valence-electron chi connectivity index (χ4n) is 2.70. The number of benzene rings is 2. The summed E-state index contributed by atoms with van der Waals surface area (Å²) in [6, 6.07) is 15.0. The van der Waals surface area contributed by atoms with Crippen LogP contribution in [0.25, 0.3) is 10.9 Å². The number of fused-ring (bicyclic) bond motifs is 1. The van der Waals surface area contributed by atoms with Crippen LogP contribution in [0, 0.1) is 0 Å². The van der Waals surface area contributed by atoms with Crippen molar-refractivity contribution in [3.63, 3.8) is 0 Å². The van der Waals surface area contributed by atoms with E-state index in [1.165, 1.54) is 0 Å². The number of amides is 1. The molecule has 124 valence electrons. The van der Waals surface area contributed by atoms with E-state index >= 15 is 0 Å². The predicted molar refractivity (Wildman–Crippen MR) is 93.8 cm³/mol. The van der Waals surface area contributed by atoms with E-state index in [1.807, 2.05) is 30.5 Å². The number of ether oxygens (including phenoxy) is 2. The zero-order valence-electron chi connectivity index (χ0n) is 13.8. The number of carbonyl (C=O) groups is 1. The highest BCUT2D eigenvalue weighted by Gasteiger charge is 2.07. The van der Waals surface area contributed by atoms with Crippen LogP contribution < -0.4 is 14.8 Å². The summed E-state index contributed by atoms with van der Waals surface area (Å²) in [6.07, 6.45) is 2.01. The predicted octanol–water partition coefficient (Wildman–Crippen LogP) is 3.09. The maximum Gasteiger partial charge on any atom is 0.251 e. The number of hydrogen-bond donors (Lipinski definition) is 1. The number of nitrogens with one attached hydrogen (secondary N) is 1. The second kappa shape index (κ2) is 7.08. The summed E-state index contributed by atoms with van der Waals surface area (Å²) in [4.78, 5) is 12.2. The monoisotopic (exact) mass is 324 g/mol. The molecule has 3 rings (SSSR count). The third-order valence-electron chi connectivity index (χ3n) is 3.98. The number of aromatic nitrogens is 1. The van der Waals surface area contributed by atoms with E-state index < -0.39 is 0 Å². The largest absolute Gasteiger partial charge is 0.497 e. The molecule has 0 aliphatic heterocycles. The summed E-state index contributed by atoms with van der Waals surface area (Å²) < 4.78 is 12.6. The summed E-state index contributed by atoms with van der Waals surface area (Å²) in [7, 11) is 3.27. The minimum atomic E-state index is -0.0910. The first-order valence-electron chi connectivity index (χ1n) is 7.77. The average Bonchev–Trinajstić information content (AvgIpc) is 3.05. The molecule has 5 nitrogen and oxygen atoms in total. The zero-order valence-corrected chi connectivity index (χ0v) is 13.8. The Hall–Kier alpha value is -2.95. The first kappa shape index (κ1) is 15.9. The van der Waals surface area contributed by atoms with Gasteiger partial charge in [0, 0.05) is 30.2 Å². The molecule has 0 saturated carbocycles. The van der Waals surface area contributed by atoms with Gasteiger partial charge in [0.2, 0.25) is 0 Å². The fourth-order valence-corrected chi connectivity index (χ4v) is 2.70. The fraction of sp³-hybridized carbons (Fsp3) is 0.211. The molecule has 0 bridgehead atoms. The molecule has 2 aromatic carbocycles. The lowest BCUT2D eigenvalue weighted by Gasteiger charge is -2.09. The van der Waals surface area contributed by atoms with Gasteiger partial charge in [0.25, 0.3) is 5.91 Å². The van der Waals surface area contributed by atoms with E-state index in [2.05, 4.69) is 9.88 Å². The molecule has 0 unspecified atom stereocenters. The van der Waals surface area contributed by atoms with Crippen LogP contribution in [0.5, 0.6) is 11.5 Å². The third kappa shape index (κ3) is 3.20. The maximum absolute atomic E-state index is 12.2. The van der Waals surface area contributed by atoms with E-state index in [9.17, 15) is 4.79 Å². The number of rotatable bonds is 6. The van der Waals surface area contributed by atoms with E-state index in [-0.39, 0.29) is 5.91 Å². The van der Waals surface area contributed by atoms with Gasteiger partial charge >= 0.3 is 0 Å². The molecule has 3 aromatic rings. The SMILES string of the molecule is COc1ccc(C(=O)NCCn2ccc3c(OC)cccc32)cc1. The van der Waals surface area contributed by atoms with Gasteiger partial charge < -0.3 is 19.4 Å². The Bertz CT molecular complexity index is 837. The maximum atomic E-state index is 12.2. The lowest BCUT2D eigenvalue weighted by Crippen LogP contribution is -2.27. The van der Waals surface area contributed by atoms with Crippen LogP contribution in [-0.2, 0) is 6.54 Å². The molecule has 0 saturated heterocycles. The Kier molecular flexibility index (Phi) is 4.70. The number of nitrogens with zero attached hydrogens (tertiary/aromatic N) is 1. The molecule has 0 spiro atoms. The van der Waals surface area contributed by atoms with Crippen LogP contribution in [0.15, 0.2) is 54.7 Å². The van der Waals surface area contributed by atoms with Gasteiger partial charge in [0.05, 0.1) is 19.7 Å². The third-order valence-corrected chi connectivity index (χ3v) is 3.98. The van der Waals surface area contributed by atoms with Crippen molar-refractivity contribution in [2.45, 2.75) is 6.54 Å². The topological polar surface area (TPSA) is 52.5 Å². The standard InChI is InChI=1S/C19H20N2O3/c1-23-15-8-6-14(7-9-15)19(22)20-11-13-21-12-10-16-17(21)4-3-5-18(16)24-2/h3-10,12H,11,13H2,1-2H3,(H,20,22). The summed E-state index contributed by atoms with van der Waals surface area (Å²) in [6.45, 7) is 1.24. The lowest BCUT2D eigenvalue weighted by atomic mass is 10.2. The van der Waals surface area contributed by atoms with Gasteiger partial charge in [-0.05, 0) is 42.5 Å². The van der Waals surface area contributed by atoms with Gasteiger partial charge in [-0.25, -0.2) is 0 Å². The minimum absolute atomic E-state index is 0.0910. The number of methoxy groups -OCH3 is 2. The smallest absolute Gasteiger partial charge is 0.251 e. The minimum Gasteiger partial charge on any atom is -0.497 e. The van der Waals surface area contributed by atoms with E-state index in [0.29, 0.717) is 18.7 Å². The quantitative estimate of drug-likeness (QED) is 0.758. The molecular weight excluding hydrogens is 304 g/mol. The highest BCUT2D eigenvalue weighted by atomic mass is 16.5.